The van der Waals surface area contributed by atoms with Crippen LogP contribution >= 0.6 is 0 Å². The van der Waals surface area contributed by atoms with E-state index in [1.165, 1.54) is 5.56 Å². The van der Waals surface area contributed by atoms with Gasteiger partial charge in [-0.15, -0.1) is 0 Å². The van der Waals surface area contributed by atoms with E-state index < -0.39 is 0 Å². The van der Waals surface area contributed by atoms with Crippen molar-refractivity contribution < 1.29 is 4.79 Å². The number of benzene rings is 1. The maximum atomic E-state index is 13.4. The number of pyridine rings is 2. The number of ketones is 1. The van der Waals surface area contributed by atoms with Crippen molar-refractivity contribution in [2.75, 3.05) is 24.5 Å². The molecule has 6 heteroatoms. The summed E-state index contributed by atoms with van der Waals surface area (Å²) >= 11 is 0. The first-order chi connectivity index (χ1) is 15.7. The van der Waals surface area contributed by atoms with Gasteiger partial charge >= 0.3 is 0 Å². The van der Waals surface area contributed by atoms with E-state index in [-0.39, 0.29) is 11.8 Å². The Hall–Kier alpha value is -3.77. The van der Waals surface area contributed by atoms with Gasteiger partial charge < -0.3 is 15.2 Å². The summed E-state index contributed by atoms with van der Waals surface area (Å²) in [5.74, 6) is 0.712. The number of carbonyl (C=O) groups excluding carboxylic acids is 1. The van der Waals surface area contributed by atoms with E-state index >= 15 is 0 Å². The highest BCUT2D eigenvalue weighted by Gasteiger charge is 2.23. The van der Waals surface area contributed by atoms with Crippen LogP contribution in [-0.4, -0.2) is 40.4 Å². The van der Waals surface area contributed by atoms with Crippen molar-refractivity contribution in [3.05, 3.63) is 102 Å². The second-order valence-electron chi connectivity index (χ2n) is 8.01. The molecule has 1 aliphatic heterocycles. The third kappa shape index (κ3) is 4.05. The molecule has 4 aromatic rings. The molecule has 0 radical (unpaired) electrons. The zero-order valence-electron chi connectivity index (χ0n) is 18.0. The molecule has 1 atom stereocenters. The van der Waals surface area contributed by atoms with E-state index in [2.05, 4.69) is 44.5 Å². The lowest BCUT2D eigenvalue weighted by Gasteiger charge is -2.35. The van der Waals surface area contributed by atoms with Crippen molar-refractivity contribution in [3.8, 4) is 11.3 Å². The summed E-state index contributed by atoms with van der Waals surface area (Å²) in [7, 11) is 0. The molecule has 5 rings (SSSR count). The van der Waals surface area contributed by atoms with Gasteiger partial charge in [-0.25, -0.2) is 4.98 Å². The number of nitrogens with one attached hydrogen (secondary N) is 2. The second-order valence-corrected chi connectivity index (χ2v) is 8.01. The van der Waals surface area contributed by atoms with Crippen molar-refractivity contribution in [1.82, 2.24) is 20.3 Å². The van der Waals surface area contributed by atoms with Crippen LogP contribution in [0.5, 0.6) is 0 Å². The molecule has 32 heavy (non-hydrogen) atoms. The standard InChI is InChI=1S/C26H25N5O/c1-18-21(15-20(16-29-18)22-10-6-12-27-22)26(32)23-9-5-11-25(30-23)31-14-13-28-24(17-31)19-7-3-2-4-8-19/h2-12,15-16,24,27-28H,13-14,17H2,1H3. The molecule has 0 amide bonds. The number of hydrogen-bond acceptors (Lipinski definition) is 5. The third-order valence-corrected chi connectivity index (χ3v) is 5.91. The fourth-order valence-corrected chi connectivity index (χ4v) is 4.15. The number of piperazine rings is 1. The van der Waals surface area contributed by atoms with Crippen molar-refractivity contribution in [3.63, 3.8) is 0 Å². The van der Waals surface area contributed by atoms with Crippen LogP contribution in [0.4, 0.5) is 5.82 Å². The number of aromatic amines is 1. The highest BCUT2D eigenvalue weighted by atomic mass is 16.1. The lowest BCUT2D eigenvalue weighted by molar-refractivity contribution is 0.103. The lowest BCUT2D eigenvalue weighted by Crippen LogP contribution is -2.46. The Morgan fingerprint density at radius 2 is 1.94 bits per heavy atom. The number of hydrogen-bond donors (Lipinski definition) is 2. The van der Waals surface area contributed by atoms with E-state index in [0.717, 1.165) is 36.7 Å². The number of carbonyl (C=O) groups is 1. The summed E-state index contributed by atoms with van der Waals surface area (Å²) in [6, 6.07) is 22.1. The average Bonchev–Trinajstić information content (AvgIpc) is 3.40. The van der Waals surface area contributed by atoms with Crippen molar-refractivity contribution in [1.29, 1.82) is 0 Å². The van der Waals surface area contributed by atoms with E-state index in [9.17, 15) is 4.79 Å². The van der Waals surface area contributed by atoms with Gasteiger partial charge in [-0.1, -0.05) is 36.4 Å². The highest BCUT2D eigenvalue weighted by Crippen LogP contribution is 2.24. The number of aryl methyl sites for hydroxylation is 1. The summed E-state index contributed by atoms with van der Waals surface area (Å²) in [5.41, 5.74) is 4.78. The smallest absolute Gasteiger partial charge is 0.213 e. The van der Waals surface area contributed by atoms with Gasteiger partial charge in [0.2, 0.25) is 5.78 Å². The fraction of sp³-hybridized carbons (Fsp3) is 0.192. The average molecular weight is 424 g/mol. The lowest BCUT2D eigenvalue weighted by atomic mass is 10.0. The van der Waals surface area contributed by atoms with E-state index in [0.29, 0.717) is 17.0 Å². The van der Waals surface area contributed by atoms with Gasteiger partial charge in [-0.3, -0.25) is 9.78 Å². The zero-order valence-corrected chi connectivity index (χ0v) is 18.0. The maximum absolute atomic E-state index is 13.4. The number of H-pyrrole nitrogens is 1. The molecule has 1 unspecified atom stereocenters. The fourth-order valence-electron chi connectivity index (χ4n) is 4.15. The Balaban J connectivity index is 1.41. The van der Waals surface area contributed by atoms with Gasteiger partial charge in [0.15, 0.2) is 0 Å². The Morgan fingerprint density at radius 1 is 1.06 bits per heavy atom. The van der Waals surface area contributed by atoms with E-state index in [4.69, 9.17) is 4.98 Å². The van der Waals surface area contributed by atoms with Crippen LogP contribution in [0.2, 0.25) is 0 Å². The Bertz CT molecular complexity index is 1220. The van der Waals surface area contributed by atoms with Gasteiger partial charge in [0.1, 0.15) is 11.5 Å². The molecule has 1 saturated heterocycles. The molecule has 2 N–H and O–H groups in total. The van der Waals surface area contributed by atoms with E-state index in [1.807, 2.05) is 49.5 Å². The molecule has 0 spiro atoms. The van der Waals surface area contributed by atoms with Crippen LogP contribution in [-0.2, 0) is 0 Å². The minimum absolute atomic E-state index is 0.111. The molecule has 1 fully saturated rings. The van der Waals surface area contributed by atoms with Gasteiger partial charge in [-0.2, -0.15) is 0 Å². The first-order valence-electron chi connectivity index (χ1n) is 10.8. The summed E-state index contributed by atoms with van der Waals surface area (Å²) in [5, 5.41) is 3.58. The predicted molar refractivity (Wildman–Crippen MR) is 126 cm³/mol. The Labute approximate surface area is 187 Å². The normalized spacial score (nSPS) is 16.2. The Kier molecular flexibility index (Phi) is 5.52. The summed E-state index contributed by atoms with van der Waals surface area (Å²) in [6.07, 6.45) is 3.64. The minimum Gasteiger partial charge on any atom is -0.361 e. The molecule has 0 saturated carbocycles. The van der Waals surface area contributed by atoms with Crippen molar-refractivity contribution in [2.45, 2.75) is 13.0 Å². The molecule has 6 nitrogen and oxygen atoms in total. The van der Waals surface area contributed by atoms with E-state index in [1.54, 1.807) is 12.3 Å². The number of rotatable bonds is 5. The first kappa shape index (κ1) is 20.2. The highest BCUT2D eigenvalue weighted by molar-refractivity contribution is 6.09. The summed E-state index contributed by atoms with van der Waals surface area (Å²) in [4.78, 5) is 28.0. The van der Waals surface area contributed by atoms with Crippen LogP contribution in [0.15, 0.2) is 79.1 Å². The van der Waals surface area contributed by atoms with Crippen molar-refractivity contribution in [2.24, 2.45) is 0 Å². The number of nitrogens with zero attached hydrogens (tertiary/aromatic N) is 3. The van der Waals surface area contributed by atoms with Gasteiger partial charge in [0.05, 0.1) is 0 Å². The molecular weight excluding hydrogens is 398 g/mol. The largest absolute Gasteiger partial charge is 0.361 e. The molecule has 1 aromatic carbocycles. The predicted octanol–water partition coefficient (Wildman–Crippen LogP) is 4.16. The second kappa shape index (κ2) is 8.77. The summed E-state index contributed by atoms with van der Waals surface area (Å²) < 4.78 is 0. The van der Waals surface area contributed by atoms with Gasteiger partial charge in [-0.05, 0) is 42.8 Å². The van der Waals surface area contributed by atoms with Crippen LogP contribution in [0.25, 0.3) is 11.3 Å². The first-order valence-corrected chi connectivity index (χ1v) is 10.8. The molecule has 160 valence electrons. The minimum atomic E-state index is -0.111. The third-order valence-electron chi connectivity index (χ3n) is 5.91. The molecule has 4 heterocycles. The molecular formula is C26H25N5O. The van der Waals surface area contributed by atoms with Crippen LogP contribution in [0, 0.1) is 6.92 Å². The van der Waals surface area contributed by atoms with Crippen molar-refractivity contribution >= 4 is 11.6 Å². The van der Waals surface area contributed by atoms with Crippen LogP contribution < -0.4 is 10.2 Å². The van der Waals surface area contributed by atoms with Crippen LogP contribution in [0.3, 0.4) is 0 Å². The Morgan fingerprint density at radius 3 is 2.75 bits per heavy atom. The maximum Gasteiger partial charge on any atom is 0.213 e. The summed E-state index contributed by atoms with van der Waals surface area (Å²) in [6.45, 7) is 4.37. The zero-order chi connectivity index (χ0) is 21.9. The monoisotopic (exact) mass is 423 g/mol. The molecule has 3 aromatic heterocycles. The van der Waals surface area contributed by atoms with Crippen LogP contribution in [0.1, 0.15) is 33.4 Å². The quantitative estimate of drug-likeness (QED) is 0.472. The molecule has 1 aliphatic rings. The topological polar surface area (TPSA) is 73.9 Å². The van der Waals surface area contributed by atoms with Gasteiger partial charge in [0, 0.05) is 60.6 Å². The number of anilines is 1. The van der Waals surface area contributed by atoms with Gasteiger partial charge in [0.25, 0.3) is 0 Å². The molecule has 0 aliphatic carbocycles. The SMILES string of the molecule is Cc1ncc(-c2ccc[nH]2)cc1C(=O)c1cccc(N2CCNC(c3ccccc3)C2)n1. The number of aromatic nitrogens is 3. The molecule has 0 bridgehead atoms.